The first-order chi connectivity index (χ1) is 7.12. The Hall–Kier alpha value is 1.39. The Bertz CT molecular complexity index is 143. The zero-order chi connectivity index (χ0) is 11.6. The second-order valence-electron chi connectivity index (χ2n) is 4.28. The second kappa shape index (κ2) is 10.5. The molecule has 0 saturated carbocycles. The van der Waals surface area contributed by atoms with Crippen molar-refractivity contribution in [3.63, 3.8) is 0 Å². The van der Waals surface area contributed by atoms with Gasteiger partial charge in [-0.3, -0.25) is 0 Å². The summed E-state index contributed by atoms with van der Waals surface area (Å²) in [6, 6.07) is 0. The molecule has 0 bridgehead atoms. The number of hydrogen-bond acceptors (Lipinski definition) is 2. The Balaban J connectivity index is 3.32. The van der Waals surface area contributed by atoms with Crippen LogP contribution in [0.3, 0.4) is 0 Å². The average Bonchev–Trinajstić information content (AvgIpc) is 2.20. The molecular formula is C11H26INS2. The van der Waals surface area contributed by atoms with Crippen LogP contribution >= 0.6 is 21.6 Å². The fourth-order valence-electron chi connectivity index (χ4n) is 1.33. The van der Waals surface area contributed by atoms with E-state index in [1.807, 2.05) is 21.6 Å². The van der Waals surface area contributed by atoms with Crippen molar-refractivity contribution < 1.29 is 25.7 Å². The zero-order valence-electron chi connectivity index (χ0n) is 10.6. The molecule has 0 amide bonds. The molecule has 0 unspecified atom stereocenters. The molecule has 1 nitrogen and oxygen atoms in total. The number of rotatable bonds is 10. The Labute approximate surface area is 114 Å². The summed E-state index contributed by atoms with van der Waals surface area (Å²) in [5, 5.41) is 0. The van der Waals surface area contributed by atoms with Crippen molar-refractivity contribution >= 4 is 21.6 Å². The topological polar surface area (TPSA) is 0 Å². The predicted molar refractivity (Wildman–Crippen MR) is 72.2 cm³/mol. The molecule has 0 N–H and O–H groups in total. The summed E-state index contributed by atoms with van der Waals surface area (Å²) in [4.78, 5) is 0. The third kappa shape index (κ3) is 11.6. The standard InChI is InChI=1S/C11H26INS2/c1-5-12-11-13(2,3)9-7-6-8-10-15-14-4/h5-11H2,1-4H3. The van der Waals surface area contributed by atoms with Crippen LogP contribution in [0.2, 0.25) is 0 Å². The van der Waals surface area contributed by atoms with Gasteiger partial charge >= 0.3 is 115 Å². The van der Waals surface area contributed by atoms with Gasteiger partial charge in [-0.05, 0) is 0 Å². The Morgan fingerprint density at radius 1 is 1.13 bits per heavy atom. The molecule has 0 radical (unpaired) electrons. The van der Waals surface area contributed by atoms with Crippen molar-refractivity contribution in [3.05, 3.63) is 0 Å². The first-order valence-corrected chi connectivity index (χ1v) is 11.4. The zero-order valence-corrected chi connectivity index (χ0v) is 14.4. The predicted octanol–water partition coefficient (Wildman–Crippen LogP) is 0.311. The summed E-state index contributed by atoms with van der Waals surface area (Å²) in [7, 11) is 8.68. The summed E-state index contributed by atoms with van der Waals surface area (Å²) < 4.78 is 4.15. The molecule has 94 valence electrons. The maximum absolute atomic E-state index is 2.39. The van der Waals surface area contributed by atoms with Gasteiger partial charge in [-0.1, -0.05) is 0 Å². The third-order valence-electron chi connectivity index (χ3n) is 2.21. The van der Waals surface area contributed by atoms with Crippen molar-refractivity contribution in [3.8, 4) is 0 Å². The van der Waals surface area contributed by atoms with Gasteiger partial charge in [-0.15, -0.1) is 0 Å². The number of alkyl halides is 2. The minimum absolute atomic E-state index is 0.471. The van der Waals surface area contributed by atoms with E-state index in [1.54, 1.807) is 0 Å². The fourth-order valence-corrected chi connectivity index (χ4v) is 4.81. The van der Waals surface area contributed by atoms with E-state index in [2.05, 4.69) is 27.3 Å². The van der Waals surface area contributed by atoms with Gasteiger partial charge in [0.2, 0.25) is 0 Å². The number of quaternary nitrogens is 1. The normalized spacial score (nSPS) is 12.3. The van der Waals surface area contributed by atoms with E-state index in [1.165, 1.54) is 45.0 Å². The maximum atomic E-state index is 2.39. The van der Waals surface area contributed by atoms with Gasteiger partial charge in [-0.2, -0.15) is 0 Å². The van der Waals surface area contributed by atoms with Gasteiger partial charge in [0, 0.05) is 0 Å². The van der Waals surface area contributed by atoms with Crippen LogP contribution in [-0.4, -0.2) is 46.1 Å². The van der Waals surface area contributed by atoms with Crippen molar-refractivity contribution in [1.82, 2.24) is 0 Å². The third-order valence-corrected chi connectivity index (χ3v) is 7.51. The molecule has 0 aliphatic heterocycles. The molecule has 0 fully saturated rings. The van der Waals surface area contributed by atoms with Crippen LogP contribution in [0.4, 0.5) is 0 Å². The van der Waals surface area contributed by atoms with Crippen molar-refractivity contribution in [1.29, 1.82) is 0 Å². The number of nitrogens with zero attached hydrogens (tertiary/aromatic N) is 1. The molecule has 0 aromatic heterocycles. The molecular weight excluding hydrogens is 337 g/mol. The van der Waals surface area contributed by atoms with Crippen LogP contribution in [-0.2, 0) is 0 Å². The van der Waals surface area contributed by atoms with Gasteiger partial charge in [0.15, 0.2) is 0 Å². The Kier molecular flexibility index (Phi) is 11.5. The summed E-state index contributed by atoms with van der Waals surface area (Å²) in [5.74, 6) is 1.33. The fraction of sp³-hybridized carbons (Fsp3) is 1.00. The van der Waals surface area contributed by atoms with E-state index < -0.39 is 0 Å². The van der Waals surface area contributed by atoms with Crippen molar-refractivity contribution in [2.75, 3.05) is 41.6 Å². The first kappa shape index (κ1) is 16.4. The second-order valence-corrected chi connectivity index (χ2v) is 10.3. The first-order valence-electron chi connectivity index (χ1n) is 5.63. The molecule has 0 aromatic rings. The Morgan fingerprint density at radius 3 is 2.47 bits per heavy atom. The van der Waals surface area contributed by atoms with Crippen LogP contribution in [0.15, 0.2) is 0 Å². The van der Waals surface area contributed by atoms with Crippen LogP contribution < -0.4 is 21.2 Å². The molecule has 0 aromatic carbocycles. The summed E-state index contributed by atoms with van der Waals surface area (Å²) >= 11 is 0.471. The number of unbranched alkanes of at least 4 members (excludes halogenated alkanes) is 2. The van der Waals surface area contributed by atoms with Crippen LogP contribution in [0, 0.1) is 0 Å². The molecule has 0 atom stereocenters. The van der Waals surface area contributed by atoms with Crippen LogP contribution in [0.1, 0.15) is 26.2 Å². The van der Waals surface area contributed by atoms with Gasteiger partial charge in [0.1, 0.15) is 0 Å². The molecule has 0 spiro atoms. The molecule has 0 saturated heterocycles. The van der Waals surface area contributed by atoms with Crippen LogP contribution in [0.5, 0.6) is 0 Å². The van der Waals surface area contributed by atoms with Crippen LogP contribution in [0.25, 0.3) is 0 Å². The van der Waals surface area contributed by atoms with Crippen molar-refractivity contribution in [2.24, 2.45) is 0 Å². The summed E-state index contributed by atoms with van der Waals surface area (Å²) in [6.07, 6.45) is 6.39. The summed E-state index contributed by atoms with van der Waals surface area (Å²) in [5.41, 5.74) is 0. The quantitative estimate of drug-likeness (QED) is 0.137. The molecule has 0 aliphatic carbocycles. The average molecular weight is 363 g/mol. The number of hydrogen-bond donors (Lipinski definition) is 0. The van der Waals surface area contributed by atoms with Crippen molar-refractivity contribution in [2.45, 2.75) is 26.2 Å². The summed E-state index contributed by atoms with van der Waals surface area (Å²) in [6.45, 7) is 3.70. The van der Waals surface area contributed by atoms with E-state index in [0.717, 1.165) is 0 Å². The van der Waals surface area contributed by atoms with E-state index in [4.69, 9.17) is 0 Å². The monoisotopic (exact) mass is 363 g/mol. The van der Waals surface area contributed by atoms with E-state index >= 15 is 0 Å². The molecule has 0 aliphatic rings. The molecule has 0 rings (SSSR count). The van der Waals surface area contributed by atoms with Gasteiger partial charge in [0.05, 0.1) is 0 Å². The van der Waals surface area contributed by atoms with E-state index in [0.29, 0.717) is 21.2 Å². The molecule has 15 heavy (non-hydrogen) atoms. The number of halogens is 1. The van der Waals surface area contributed by atoms with Gasteiger partial charge in [-0.25, -0.2) is 0 Å². The van der Waals surface area contributed by atoms with Gasteiger partial charge < -0.3 is 0 Å². The van der Waals surface area contributed by atoms with E-state index in [9.17, 15) is 0 Å². The molecule has 0 heterocycles. The van der Waals surface area contributed by atoms with E-state index in [-0.39, 0.29) is 0 Å². The van der Waals surface area contributed by atoms with Gasteiger partial charge in [0.25, 0.3) is 0 Å². The SMILES string of the molecule is CC[I-]C[N+](C)(C)CCCCCSSC. The minimum atomic E-state index is 0.471. The molecule has 4 heteroatoms. The Morgan fingerprint density at radius 2 is 1.87 bits per heavy atom.